The van der Waals surface area contributed by atoms with E-state index in [1.54, 1.807) is 6.07 Å². The smallest absolute Gasteiger partial charge is 0.202 e. The van der Waals surface area contributed by atoms with Crippen LogP contribution in [0.3, 0.4) is 0 Å². The van der Waals surface area contributed by atoms with Crippen molar-refractivity contribution in [2.45, 2.75) is 13.3 Å². The Hall–Kier alpha value is -1.19. The van der Waals surface area contributed by atoms with Gasteiger partial charge in [0.2, 0.25) is 5.95 Å². The molecule has 0 fully saturated rings. The Kier molecular flexibility index (Phi) is 4.15. The van der Waals surface area contributed by atoms with Crippen molar-refractivity contribution in [3.8, 4) is 0 Å². The molecule has 96 valence electrons. The molecular weight excluding hydrogens is 269 g/mol. The summed E-state index contributed by atoms with van der Waals surface area (Å²) >= 11 is 12.0. The second-order valence-electron chi connectivity index (χ2n) is 4.23. The van der Waals surface area contributed by atoms with Gasteiger partial charge < -0.3 is 9.88 Å². The topological polar surface area (TPSA) is 29.9 Å². The summed E-state index contributed by atoms with van der Waals surface area (Å²) in [7, 11) is 1.97. The minimum absolute atomic E-state index is 0.663. The first-order chi connectivity index (χ1) is 8.56. The molecule has 0 unspecified atom stereocenters. The molecule has 1 N–H and O–H groups in total. The summed E-state index contributed by atoms with van der Waals surface area (Å²) in [6, 6.07) is 5.58. The SMILES string of the molecule is Cc1cn(C)c(NCCc2ccc(Cl)cc2Cl)n1. The fraction of sp³-hybridized carbons (Fsp3) is 0.308. The van der Waals surface area contributed by atoms with Crippen LogP contribution in [0.5, 0.6) is 0 Å². The van der Waals surface area contributed by atoms with Crippen LogP contribution in [0.2, 0.25) is 10.0 Å². The Morgan fingerprint density at radius 2 is 2.11 bits per heavy atom. The molecule has 0 spiro atoms. The van der Waals surface area contributed by atoms with E-state index in [0.717, 1.165) is 30.2 Å². The summed E-state index contributed by atoms with van der Waals surface area (Å²) < 4.78 is 1.97. The maximum Gasteiger partial charge on any atom is 0.202 e. The minimum Gasteiger partial charge on any atom is -0.355 e. The van der Waals surface area contributed by atoms with Crippen LogP contribution in [0.4, 0.5) is 5.95 Å². The van der Waals surface area contributed by atoms with Crippen LogP contribution in [-0.4, -0.2) is 16.1 Å². The zero-order valence-electron chi connectivity index (χ0n) is 10.4. The molecule has 0 radical (unpaired) electrons. The third-order valence-corrected chi connectivity index (χ3v) is 3.28. The first kappa shape index (κ1) is 13.2. The van der Waals surface area contributed by atoms with Crippen molar-refractivity contribution in [3.05, 3.63) is 45.7 Å². The van der Waals surface area contributed by atoms with E-state index in [2.05, 4.69) is 10.3 Å². The van der Waals surface area contributed by atoms with Crippen LogP contribution in [0.1, 0.15) is 11.3 Å². The zero-order valence-corrected chi connectivity index (χ0v) is 11.9. The fourth-order valence-corrected chi connectivity index (χ4v) is 2.32. The van der Waals surface area contributed by atoms with Crippen LogP contribution in [0, 0.1) is 6.92 Å². The van der Waals surface area contributed by atoms with Crippen LogP contribution in [-0.2, 0) is 13.5 Å². The highest BCUT2D eigenvalue weighted by atomic mass is 35.5. The Bertz CT molecular complexity index is 549. The Morgan fingerprint density at radius 3 is 2.72 bits per heavy atom. The average Bonchev–Trinajstić information content (AvgIpc) is 2.61. The van der Waals surface area contributed by atoms with E-state index >= 15 is 0 Å². The molecule has 0 aliphatic heterocycles. The van der Waals surface area contributed by atoms with Crippen molar-refractivity contribution < 1.29 is 0 Å². The van der Waals surface area contributed by atoms with Crippen LogP contribution >= 0.6 is 23.2 Å². The summed E-state index contributed by atoms with van der Waals surface area (Å²) in [5, 5.41) is 4.66. The standard InChI is InChI=1S/C13H15Cl2N3/c1-9-8-18(2)13(17-9)16-6-5-10-3-4-11(14)7-12(10)15/h3-4,7-8H,5-6H2,1-2H3,(H,16,17). The van der Waals surface area contributed by atoms with Crippen molar-refractivity contribution in [2.75, 3.05) is 11.9 Å². The molecule has 0 saturated carbocycles. The molecule has 0 aliphatic carbocycles. The molecule has 1 aromatic heterocycles. The van der Waals surface area contributed by atoms with Crippen molar-refractivity contribution in [3.63, 3.8) is 0 Å². The van der Waals surface area contributed by atoms with E-state index in [1.807, 2.05) is 36.9 Å². The molecule has 1 heterocycles. The molecule has 1 aromatic carbocycles. The largest absolute Gasteiger partial charge is 0.355 e. The Labute approximate surface area is 117 Å². The Morgan fingerprint density at radius 1 is 1.33 bits per heavy atom. The van der Waals surface area contributed by atoms with Gasteiger partial charge >= 0.3 is 0 Å². The third kappa shape index (κ3) is 3.18. The maximum atomic E-state index is 6.11. The quantitative estimate of drug-likeness (QED) is 0.928. The third-order valence-electron chi connectivity index (χ3n) is 2.69. The van der Waals surface area contributed by atoms with E-state index < -0.39 is 0 Å². The molecule has 0 saturated heterocycles. The molecule has 5 heteroatoms. The van der Waals surface area contributed by atoms with Gasteiger partial charge in [-0.3, -0.25) is 0 Å². The van der Waals surface area contributed by atoms with Crippen LogP contribution < -0.4 is 5.32 Å². The minimum atomic E-state index is 0.663. The first-order valence-electron chi connectivity index (χ1n) is 5.74. The number of rotatable bonds is 4. The molecule has 2 rings (SSSR count). The lowest BCUT2D eigenvalue weighted by atomic mass is 10.1. The van der Waals surface area contributed by atoms with Gasteiger partial charge in [-0.2, -0.15) is 0 Å². The van der Waals surface area contributed by atoms with Crippen molar-refractivity contribution in [1.82, 2.24) is 9.55 Å². The number of imidazole rings is 1. The second kappa shape index (κ2) is 5.63. The van der Waals surface area contributed by atoms with E-state index in [0.29, 0.717) is 10.0 Å². The van der Waals surface area contributed by atoms with Gasteiger partial charge in [0.05, 0.1) is 5.69 Å². The lowest BCUT2D eigenvalue weighted by Gasteiger charge is -2.07. The normalized spacial score (nSPS) is 10.7. The number of aryl methyl sites for hydroxylation is 2. The second-order valence-corrected chi connectivity index (χ2v) is 5.07. The summed E-state index contributed by atoms with van der Waals surface area (Å²) in [6.07, 6.45) is 2.82. The molecule has 3 nitrogen and oxygen atoms in total. The summed E-state index contributed by atoms with van der Waals surface area (Å²) in [5.74, 6) is 0.873. The highest BCUT2D eigenvalue weighted by molar-refractivity contribution is 6.35. The molecule has 0 aliphatic rings. The summed E-state index contributed by atoms with van der Waals surface area (Å²) in [4.78, 5) is 4.38. The number of anilines is 1. The number of nitrogens with one attached hydrogen (secondary N) is 1. The molecule has 0 amide bonds. The highest BCUT2D eigenvalue weighted by Crippen LogP contribution is 2.21. The lowest BCUT2D eigenvalue weighted by molar-refractivity contribution is 0.889. The summed E-state index contributed by atoms with van der Waals surface area (Å²) in [5.41, 5.74) is 2.09. The Balaban J connectivity index is 1.94. The van der Waals surface area contributed by atoms with Gasteiger partial charge in [-0.1, -0.05) is 29.3 Å². The van der Waals surface area contributed by atoms with Gasteiger partial charge in [0.25, 0.3) is 0 Å². The van der Waals surface area contributed by atoms with E-state index in [9.17, 15) is 0 Å². The van der Waals surface area contributed by atoms with E-state index in [4.69, 9.17) is 23.2 Å². The van der Waals surface area contributed by atoms with Gasteiger partial charge in [0.1, 0.15) is 0 Å². The van der Waals surface area contributed by atoms with Gasteiger partial charge in [-0.05, 0) is 31.0 Å². The van der Waals surface area contributed by atoms with Gasteiger partial charge in [-0.15, -0.1) is 0 Å². The molecule has 0 atom stereocenters. The number of hydrogen-bond donors (Lipinski definition) is 1. The zero-order chi connectivity index (χ0) is 13.1. The van der Waals surface area contributed by atoms with Gasteiger partial charge in [0.15, 0.2) is 0 Å². The lowest BCUT2D eigenvalue weighted by Crippen LogP contribution is -2.09. The van der Waals surface area contributed by atoms with Gasteiger partial charge in [-0.25, -0.2) is 4.98 Å². The molecule has 2 aromatic rings. The summed E-state index contributed by atoms with van der Waals surface area (Å²) in [6.45, 7) is 2.76. The molecular formula is C13H15Cl2N3. The van der Waals surface area contributed by atoms with E-state index in [-0.39, 0.29) is 0 Å². The molecule has 18 heavy (non-hydrogen) atoms. The number of aromatic nitrogens is 2. The van der Waals surface area contributed by atoms with Crippen molar-refractivity contribution in [2.24, 2.45) is 7.05 Å². The number of hydrogen-bond acceptors (Lipinski definition) is 2. The predicted octanol–water partition coefficient (Wildman–Crippen LogP) is 3.69. The predicted molar refractivity (Wildman–Crippen MR) is 76.6 cm³/mol. The maximum absolute atomic E-state index is 6.11. The fourth-order valence-electron chi connectivity index (χ4n) is 1.81. The number of benzene rings is 1. The highest BCUT2D eigenvalue weighted by Gasteiger charge is 2.03. The van der Waals surface area contributed by atoms with Crippen molar-refractivity contribution >= 4 is 29.2 Å². The van der Waals surface area contributed by atoms with Crippen LogP contribution in [0.25, 0.3) is 0 Å². The molecule has 0 bridgehead atoms. The average molecular weight is 284 g/mol. The van der Waals surface area contributed by atoms with Crippen LogP contribution in [0.15, 0.2) is 24.4 Å². The monoisotopic (exact) mass is 283 g/mol. The van der Waals surface area contributed by atoms with Gasteiger partial charge in [0, 0.05) is 29.8 Å². The van der Waals surface area contributed by atoms with Crippen molar-refractivity contribution in [1.29, 1.82) is 0 Å². The number of nitrogens with zero attached hydrogens (tertiary/aromatic N) is 2. The van der Waals surface area contributed by atoms with E-state index in [1.165, 1.54) is 0 Å². The number of halogens is 2. The first-order valence-corrected chi connectivity index (χ1v) is 6.49.